The van der Waals surface area contributed by atoms with Crippen LogP contribution in [0.1, 0.15) is 40.9 Å². The molecule has 1 heterocycles. The molecule has 7 nitrogen and oxygen atoms in total. The number of hydrogen-bond acceptors (Lipinski definition) is 4. The number of hydrogen-bond donors (Lipinski definition) is 2. The number of amides is 2. The second-order valence-corrected chi connectivity index (χ2v) is 8.00. The van der Waals surface area contributed by atoms with Gasteiger partial charge in [-0.15, -0.1) is 0 Å². The summed E-state index contributed by atoms with van der Waals surface area (Å²) in [6.07, 6.45) is 5.47. The lowest BCUT2D eigenvalue weighted by molar-refractivity contribution is -0.116. The topological polar surface area (TPSA) is 85.3 Å². The molecule has 0 fully saturated rings. The molecule has 7 heteroatoms. The molecule has 0 radical (unpaired) electrons. The predicted octanol–water partition coefficient (Wildman–Crippen LogP) is 4.83. The summed E-state index contributed by atoms with van der Waals surface area (Å²) in [6, 6.07) is 24.1. The van der Waals surface area contributed by atoms with Gasteiger partial charge in [0.1, 0.15) is 5.75 Å². The van der Waals surface area contributed by atoms with Crippen LogP contribution in [0.2, 0.25) is 0 Å². The first-order valence-corrected chi connectivity index (χ1v) is 11.6. The van der Waals surface area contributed by atoms with Gasteiger partial charge in [-0.25, -0.2) is 4.98 Å². The molecule has 2 amide bonds. The number of carbonyl (C=O) groups excluding carboxylic acids is 2. The van der Waals surface area contributed by atoms with E-state index in [-0.39, 0.29) is 17.9 Å². The molecule has 0 saturated heterocycles. The van der Waals surface area contributed by atoms with Crippen molar-refractivity contribution in [2.24, 2.45) is 0 Å². The number of nitrogens with zero attached hydrogens (tertiary/aromatic N) is 2. The fourth-order valence-electron chi connectivity index (χ4n) is 3.75. The van der Waals surface area contributed by atoms with E-state index >= 15 is 0 Å². The number of aromatic nitrogens is 2. The quantitative estimate of drug-likeness (QED) is 0.349. The van der Waals surface area contributed by atoms with Crippen LogP contribution in [0.5, 0.6) is 5.75 Å². The first kappa shape index (κ1) is 23.8. The molecule has 4 rings (SSSR count). The monoisotopic (exact) mass is 468 g/mol. The minimum absolute atomic E-state index is 0.132. The number of imidazole rings is 1. The molecule has 2 N–H and O–H groups in total. The summed E-state index contributed by atoms with van der Waals surface area (Å²) in [5, 5.41) is 6.01. The Bertz CT molecular complexity index is 1240. The number of carbonyl (C=O) groups is 2. The van der Waals surface area contributed by atoms with Crippen LogP contribution in [0.25, 0.3) is 0 Å². The van der Waals surface area contributed by atoms with E-state index in [0.717, 1.165) is 16.9 Å². The van der Waals surface area contributed by atoms with Gasteiger partial charge in [-0.2, -0.15) is 0 Å². The van der Waals surface area contributed by atoms with Crippen molar-refractivity contribution in [3.8, 4) is 5.75 Å². The molecule has 0 bridgehead atoms. The minimum atomic E-state index is -0.340. The fourth-order valence-corrected chi connectivity index (χ4v) is 3.75. The maximum Gasteiger partial charge on any atom is 0.252 e. The molecule has 0 saturated carbocycles. The first-order chi connectivity index (χ1) is 17.1. The van der Waals surface area contributed by atoms with Crippen molar-refractivity contribution in [2.75, 3.05) is 11.9 Å². The van der Waals surface area contributed by atoms with Gasteiger partial charge in [0.2, 0.25) is 5.91 Å². The molecule has 3 aromatic carbocycles. The van der Waals surface area contributed by atoms with Crippen molar-refractivity contribution in [2.45, 2.75) is 25.9 Å². The zero-order valence-electron chi connectivity index (χ0n) is 19.6. The van der Waals surface area contributed by atoms with Gasteiger partial charge in [0.25, 0.3) is 5.91 Å². The highest BCUT2D eigenvalue weighted by molar-refractivity contribution is 5.97. The molecular formula is C28H28N4O3. The van der Waals surface area contributed by atoms with Crippen LogP contribution < -0.4 is 15.4 Å². The number of rotatable bonds is 10. The van der Waals surface area contributed by atoms with E-state index in [1.807, 2.05) is 72.3 Å². The molecule has 35 heavy (non-hydrogen) atoms. The lowest BCUT2D eigenvalue weighted by Gasteiger charge is -2.20. The van der Waals surface area contributed by atoms with Crippen LogP contribution >= 0.6 is 0 Å². The highest BCUT2D eigenvalue weighted by Gasteiger charge is 2.18. The SMILES string of the molecule is CCOc1ccc(C(NC(=O)c2cccc(NC(=O)CCn3ccnc3)c2)c2ccccc2)cc1. The second kappa shape index (κ2) is 11.7. The van der Waals surface area contributed by atoms with Gasteiger partial charge in [0.05, 0.1) is 19.0 Å². The van der Waals surface area contributed by atoms with Gasteiger partial charge < -0.3 is 19.9 Å². The third-order valence-corrected chi connectivity index (χ3v) is 5.50. The number of anilines is 1. The van der Waals surface area contributed by atoms with Crippen molar-refractivity contribution in [1.29, 1.82) is 0 Å². The first-order valence-electron chi connectivity index (χ1n) is 11.6. The highest BCUT2D eigenvalue weighted by Crippen LogP contribution is 2.25. The van der Waals surface area contributed by atoms with Gasteiger partial charge in [0, 0.05) is 36.6 Å². The van der Waals surface area contributed by atoms with Crippen molar-refractivity contribution in [3.05, 3.63) is 114 Å². The van der Waals surface area contributed by atoms with E-state index in [1.165, 1.54) is 0 Å². The van der Waals surface area contributed by atoms with Crippen molar-refractivity contribution in [3.63, 3.8) is 0 Å². The summed E-state index contributed by atoms with van der Waals surface area (Å²) in [6.45, 7) is 3.07. The van der Waals surface area contributed by atoms with Gasteiger partial charge in [-0.05, 0) is 48.4 Å². The minimum Gasteiger partial charge on any atom is -0.494 e. The highest BCUT2D eigenvalue weighted by atomic mass is 16.5. The Morgan fingerprint density at radius 1 is 0.971 bits per heavy atom. The standard InChI is InChI=1S/C28H28N4O3/c1-2-35-25-13-11-22(12-14-25)27(21-7-4-3-5-8-21)31-28(34)23-9-6-10-24(19-23)30-26(33)15-17-32-18-16-29-20-32/h3-14,16,18-20,27H,2,15,17H2,1H3,(H,30,33)(H,31,34). The Morgan fingerprint density at radius 3 is 2.46 bits per heavy atom. The largest absolute Gasteiger partial charge is 0.494 e. The van der Waals surface area contributed by atoms with Crippen LogP contribution in [-0.2, 0) is 11.3 Å². The zero-order chi connectivity index (χ0) is 24.5. The Labute approximate surface area is 204 Å². The summed E-state index contributed by atoms with van der Waals surface area (Å²) >= 11 is 0. The summed E-state index contributed by atoms with van der Waals surface area (Å²) in [5.41, 5.74) is 2.95. The summed E-state index contributed by atoms with van der Waals surface area (Å²) < 4.78 is 7.39. The van der Waals surface area contributed by atoms with Crippen molar-refractivity contribution in [1.82, 2.24) is 14.9 Å². The summed E-state index contributed by atoms with van der Waals surface area (Å²) in [7, 11) is 0. The van der Waals surface area contributed by atoms with E-state index in [0.29, 0.717) is 30.8 Å². The third kappa shape index (κ3) is 6.57. The van der Waals surface area contributed by atoms with E-state index in [2.05, 4.69) is 15.6 Å². The number of ether oxygens (including phenoxy) is 1. The molecule has 0 aliphatic carbocycles. The Morgan fingerprint density at radius 2 is 1.74 bits per heavy atom. The lowest BCUT2D eigenvalue weighted by Crippen LogP contribution is -2.29. The van der Waals surface area contributed by atoms with E-state index in [1.54, 1.807) is 36.8 Å². The smallest absolute Gasteiger partial charge is 0.252 e. The van der Waals surface area contributed by atoms with Gasteiger partial charge >= 0.3 is 0 Å². The normalized spacial score (nSPS) is 11.5. The second-order valence-electron chi connectivity index (χ2n) is 8.00. The molecule has 1 atom stereocenters. The Balaban J connectivity index is 1.47. The van der Waals surface area contributed by atoms with Crippen molar-refractivity contribution >= 4 is 17.5 Å². The maximum atomic E-state index is 13.2. The molecule has 0 spiro atoms. The van der Waals surface area contributed by atoms with Crippen molar-refractivity contribution < 1.29 is 14.3 Å². The zero-order valence-corrected chi connectivity index (χ0v) is 19.6. The lowest BCUT2D eigenvalue weighted by atomic mass is 9.98. The predicted molar refractivity (Wildman–Crippen MR) is 135 cm³/mol. The molecule has 0 aliphatic heterocycles. The average molecular weight is 469 g/mol. The van der Waals surface area contributed by atoms with Crippen LogP contribution in [-0.4, -0.2) is 28.0 Å². The summed E-state index contributed by atoms with van der Waals surface area (Å²) in [4.78, 5) is 29.6. The van der Waals surface area contributed by atoms with Gasteiger partial charge in [-0.1, -0.05) is 48.5 Å². The molecule has 178 valence electrons. The van der Waals surface area contributed by atoms with Crippen LogP contribution in [0, 0.1) is 0 Å². The van der Waals surface area contributed by atoms with Crippen LogP contribution in [0.15, 0.2) is 97.6 Å². The third-order valence-electron chi connectivity index (χ3n) is 5.50. The van der Waals surface area contributed by atoms with E-state index in [4.69, 9.17) is 4.74 Å². The van der Waals surface area contributed by atoms with E-state index < -0.39 is 0 Å². The Kier molecular flexibility index (Phi) is 7.91. The summed E-state index contributed by atoms with van der Waals surface area (Å²) in [5.74, 6) is 0.418. The van der Waals surface area contributed by atoms with Crippen LogP contribution in [0.4, 0.5) is 5.69 Å². The molecule has 0 aliphatic rings. The molecule has 4 aromatic rings. The van der Waals surface area contributed by atoms with Crippen LogP contribution in [0.3, 0.4) is 0 Å². The molecule has 1 unspecified atom stereocenters. The van der Waals surface area contributed by atoms with Gasteiger partial charge in [-0.3, -0.25) is 9.59 Å². The van der Waals surface area contributed by atoms with E-state index in [9.17, 15) is 9.59 Å². The number of nitrogens with one attached hydrogen (secondary N) is 2. The average Bonchev–Trinajstić information content (AvgIpc) is 3.41. The van der Waals surface area contributed by atoms with Gasteiger partial charge in [0.15, 0.2) is 0 Å². The molecule has 1 aromatic heterocycles. The fraction of sp³-hybridized carbons (Fsp3) is 0.179. The number of benzene rings is 3. The number of aryl methyl sites for hydroxylation is 1. The maximum absolute atomic E-state index is 13.2. The Hall–Kier alpha value is -4.39. The molecular weight excluding hydrogens is 440 g/mol.